The molecule has 0 bridgehead atoms. The van der Waals surface area contributed by atoms with Crippen LogP contribution in [0.25, 0.3) is 0 Å². The first-order chi connectivity index (χ1) is 10.2. The predicted octanol–water partition coefficient (Wildman–Crippen LogP) is 7.26. The number of rotatable bonds is 2. The fourth-order valence-corrected chi connectivity index (χ4v) is 0.680. The molecular weight excluding hydrogens is 364 g/mol. The van der Waals surface area contributed by atoms with Crippen LogP contribution in [0.4, 0.5) is 0 Å². The van der Waals surface area contributed by atoms with Crippen LogP contribution >= 0.6 is 0 Å². The molecule has 23 heavy (non-hydrogen) atoms. The summed E-state index contributed by atoms with van der Waals surface area (Å²) >= 11 is 0. The average molecular weight is 400 g/mol. The van der Waals surface area contributed by atoms with E-state index in [1.807, 2.05) is 24.3 Å². The van der Waals surface area contributed by atoms with Gasteiger partial charge in [-0.25, -0.2) is 24.3 Å². The van der Waals surface area contributed by atoms with Crippen LogP contribution in [0.5, 0.6) is 0 Å². The second kappa shape index (κ2) is 43.1. The Kier molecular flexibility index (Phi) is 64.4. The Morgan fingerprint density at radius 1 is 0.739 bits per heavy atom. The predicted molar refractivity (Wildman–Crippen MR) is 99.6 cm³/mol. The van der Waals surface area contributed by atoms with E-state index in [-0.39, 0.29) is 34.1 Å². The molecule has 2 aliphatic carbocycles. The van der Waals surface area contributed by atoms with Gasteiger partial charge in [-0.2, -0.15) is 25.0 Å². The topological polar surface area (TPSA) is 0 Å². The van der Waals surface area contributed by atoms with Crippen molar-refractivity contribution in [2.24, 2.45) is 0 Å². The molecule has 0 nitrogen and oxygen atoms in total. The molecule has 0 unspecified atom stereocenters. The van der Waals surface area contributed by atoms with E-state index < -0.39 is 0 Å². The zero-order valence-corrected chi connectivity index (χ0v) is 17.7. The van der Waals surface area contributed by atoms with E-state index in [4.69, 9.17) is 0 Å². The Hall–Kier alpha value is -0.00104. The summed E-state index contributed by atoms with van der Waals surface area (Å²) in [6, 6.07) is 0. The second-order valence-electron chi connectivity index (χ2n) is 4.42. The Labute approximate surface area is 168 Å². The molecule has 0 aromatic rings. The van der Waals surface area contributed by atoms with Crippen molar-refractivity contribution in [2.75, 3.05) is 0 Å². The molecule has 2 rings (SSSR count). The summed E-state index contributed by atoms with van der Waals surface area (Å²) < 4.78 is 0. The molecule has 0 aromatic heterocycles. The summed E-state index contributed by atoms with van der Waals surface area (Å²) in [6.07, 6.45) is 25.8. The summed E-state index contributed by atoms with van der Waals surface area (Å²) in [5, 5.41) is 0. The average Bonchev–Trinajstić information content (AvgIpc) is 3.24. The third-order valence-electron chi connectivity index (χ3n) is 1.88. The van der Waals surface area contributed by atoms with Gasteiger partial charge in [0.1, 0.15) is 0 Å². The minimum Gasteiger partial charge on any atom is -0.343 e. The molecule has 0 saturated carbocycles. The van der Waals surface area contributed by atoms with Crippen molar-refractivity contribution in [3.63, 3.8) is 0 Å². The summed E-state index contributed by atoms with van der Waals surface area (Å²) in [6.45, 7) is 15.7. The molecule has 0 fully saturated rings. The number of allylic oxidation sites excluding steroid dienone is 8. The SMILES string of the molecule is CCC.[C-]1=CC=CC1.[C-]1=CC=CC1.[CH2-]CCC.[CH2-]CCC.[Fe+2].[Fe+2]. The standard InChI is InChI=1S/2C5H5.2C4H9.C3H8.2Fe/c2*1-2-4-5-3-1;2*1-3-4-2;1-3-2;;/h2*1-3H,4H2;2*1,3-4H2,2H3;3H2,1-2H3;;/q4*-1;;2*+2. The molecule has 0 saturated heterocycles. The Morgan fingerprint density at radius 2 is 1.00 bits per heavy atom. The third-order valence-corrected chi connectivity index (χ3v) is 1.88. The monoisotopic (exact) mass is 400 g/mol. The molecule has 136 valence electrons. The van der Waals surface area contributed by atoms with Gasteiger partial charge >= 0.3 is 34.1 Å². The van der Waals surface area contributed by atoms with E-state index in [0.717, 1.165) is 25.7 Å². The van der Waals surface area contributed by atoms with Crippen LogP contribution in [-0.4, -0.2) is 0 Å². The molecule has 0 spiro atoms. The molecule has 0 N–H and O–H groups in total. The maximum Gasteiger partial charge on any atom is 2.00 e. The first kappa shape index (κ1) is 34.4. The van der Waals surface area contributed by atoms with Crippen LogP contribution in [0.15, 0.2) is 36.5 Å². The van der Waals surface area contributed by atoms with Gasteiger partial charge in [-0.3, -0.25) is 12.2 Å². The number of hydrogen-bond donors (Lipinski definition) is 0. The fourth-order valence-electron chi connectivity index (χ4n) is 0.680. The number of unbranched alkanes of at least 4 members (excludes halogenated alkanes) is 2. The van der Waals surface area contributed by atoms with E-state index in [2.05, 4.69) is 65.8 Å². The zero-order chi connectivity index (χ0) is 16.6. The van der Waals surface area contributed by atoms with Crippen LogP contribution in [0.3, 0.4) is 0 Å². The van der Waals surface area contributed by atoms with Crippen molar-refractivity contribution < 1.29 is 34.1 Å². The maximum absolute atomic E-state index is 3.60. The van der Waals surface area contributed by atoms with Crippen LogP contribution in [0.2, 0.25) is 0 Å². The van der Waals surface area contributed by atoms with Crippen molar-refractivity contribution in [2.45, 2.75) is 72.6 Å². The fraction of sp³-hybridized carbons (Fsp3) is 0.524. The Bertz CT molecular complexity index is 201. The normalized spacial score (nSPS) is 11.0. The first-order valence-corrected chi connectivity index (χ1v) is 8.26. The first-order valence-electron chi connectivity index (χ1n) is 8.26. The summed E-state index contributed by atoms with van der Waals surface area (Å²) in [5.41, 5.74) is 0. The molecule has 0 aliphatic heterocycles. The van der Waals surface area contributed by atoms with Crippen molar-refractivity contribution in [1.29, 1.82) is 0 Å². The smallest absolute Gasteiger partial charge is 0.343 e. The van der Waals surface area contributed by atoms with Crippen molar-refractivity contribution in [1.82, 2.24) is 0 Å². The number of hydrogen-bond acceptors (Lipinski definition) is 0. The molecule has 2 heteroatoms. The zero-order valence-electron chi connectivity index (χ0n) is 15.5. The maximum atomic E-state index is 3.60. The van der Waals surface area contributed by atoms with Crippen molar-refractivity contribution in [3.05, 3.63) is 62.5 Å². The molecule has 0 amide bonds. The van der Waals surface area contributed by atoms with Crippen molar-refractivity contribution >= 4 is 0 Å². The molecule has 0 heterocycles. The quantitative estimate of drug-likeness (QED) is 0.338. The summed E-state index contributed by atoms with van der Waals surface area (Å²) in [5.74, 6) is 0. The van der Waals surface area contributed by atoms with Gasteiger partial charge in [-0.05, 0) is 0 Å². The van der Waals surface area contributed by atoms with Gasteiger partial charge in [0.25, 0.3) is 0 Å². The Balaban J connectivity index is -0.0000000583. The van der Waals surface area contributed by atoms with Gasteiger partial charge in [-0.15, -0.1) is 12.8 Å². The molecular formula is C21H36Fe2. The molecule has 0 atom stereocenters. The van der Waals surface area contributed by atoms with Crippen molar-refractivity contribution in [3.8, 4) is 0 Å². The van der Waals surface area contributed by atoms with Crippen LogP contribution in [-0.2, 0) is 34.1 Å². The van der Waals surface area contributed by atoms with Crippen LogP contribution in [0.1, 0.15) is 72.6 Å². The van der Waals surface area contributed by atoms with E-state index in [1.165, 1.54) is 19.3 Å². The Morgan fingerprint density at radius 3 is 1.04 bits per heavy atom. The second-order valence-corrected chi connectivity index (χ2v) is 4.42. The minimum absolute atomic E-state index is 0. The van der Waals surface area contributed by atoms with Gasteiger partial charge in [0.15, 0.2) is 0 Å². The van der Waals surface area contributed by atoms with Gasteiger partial charge in [0, 0.05) is 0 Å². The molecule has 0 aromatic carbocycles. The van der Waals surface area contributed by atoms with Gasteiger partial charge in [0.05, 0.1) is 0 Å². The van der Waals surface area contributed by atoms with Gasteiger partial charge < -0.3 is 13.8 Å². The van der Waals surface area contributed by atoms with Crippen LogP contribution < -0.4 is 0 Å². The van der Waals surface area contributed by atoms with E-state index in [0.29, 0.717) is 0 Å². The van der Waals surface area contributed by atoms with Crippen LogP contribution in [0, 0.1) is 26.0 Å². The third kappa shape index (κ3) is 61.1. The van der Waals surface area contributed by atoms with Gasteiger partial charge in [-0.1, -0.05) is 47.0 Å². The minimum atomic E-state index is 0. The van der Waals surface area contributed by atoms with E-state index >= 15 is 0 Å². The summed E-state index contributed by atoms with van der Waals surface area (Å²) in [4.78, 5) is 0. The summed E-state index contributed by atoms with van der Waals surface area (Å²) in [7, 11) is 0. The van der Waals surface area contributed by atoms with Gasteiger partial charge in [0.2, 0.25) is 0 Å². The molecule has 0 radical (unpaired) electrons. The molecule has 2 aliphatic rings. The van der Waals surface area contributed by atoms with E-state index in [9.17, 15) is 0 Å². The largest absolute Gasteiger partial charge is 2.00 e. The van der Waals surface area contributed by atoms with E-state index in [1.54, 1.807) is 0 Å².